The summed E-state index contributed by atoms with van der Waals surface area (Å²) in [7, 11) is 0. The highest BCUT2D eigenvalue weighted by Crippen LogP contribution is 2.24. The van der Waals surface area contributed by atoms with E-state index in [0.717, 1.165) is 30.3 Å². The summed E-state index contributed by atoms with van der Waals surface area (Å²) in [6, 6.07) is 8.07. The van der Waals surface area contributed by atoms with Crippen LogP contribution in [0.25, 0.3) is 11.0 Å². The molecule has 0 atom stereocenters. The number of rotatable bonds is 8. The van der Waals surface area contributed by atoms with Crippen molar-refractivity contribution in [3.63, 3.8) is 0 Å². The topological polar surface area (TPSA) is 76.0 Å². The van der Waals surface area contributed by atoms with E-state index in [1.54, 1.807) is 0 Å². The minimum absolute atomic E-state index is 0.00846. The molecular weight excluding hydrogens is 348 g/mol. The largest absolute Gasteiger partial charge is 0.355 e. The number of hydrogen-bond acceptors (Lipinski definition) is 4. The Morgan fingerprint density at radius 3 is 2.77 bits per heavy atom. The van der Waals surface area contributed by atoms with Crippen molar-refractivity contribution in [3.8, 4) is 0 Å². The van der Waals surface area contributed by atoms with Gasteiger partial charge in [0.2, 0.25) is 11.8 Å². The number of carbonyl (C=O) groups is 2. The monoisotopic (exact) mass is 374 g/mol. The van der Waals surface area contributed by atoms with Gasteiger partial charge in [-0.3, -0.25) is 9.59 Å². The number of nitrogens with one attached hydrogen (secondary N) is 2. The van der Waals surface area contributed by atoms with Crippen LogP contribution in [-0.2, 0) is 16.1 Å². The molecule has 0 bridgehead atoms. The van der Waals surface area contributed by atoms with Gasteiger partial charge in [0.05, 0.1) is 16.8 Å². The molecule has 2 amide bonds. The lowest BCUT2D eigenvalue weighted by Crippen LogP contribution is -2.35. The van der Waals surface area contributed by atoms with Crippen LogP contribution in [0.1, 0.15) is 39.0 Å². The average Bonchev–Trinajstić information content (AvgIpc) is 3.26. The lowest BCUT2D eigenvalue weighted by atomic mass is 10.2. The zero-order valence-corrected chi connectivity index (χ0v) is 16.0. The average molecular weight is 375 g/mol. The fraction of sp³-hybridized carbons (Fsp3) is 0.526. The Balaban J connectivity index is 1.71. The number of thioether (sulfide) groups is 1. The third-order valence-electron chi connectivity index (χ3n) is 4.55. The second-order valence-electron chi connectivity index (χ2n) is 6.66. The molecule has 0 aliphatic heterocycles. The van der Waals surface area contributed by atoms with Crippen LogP contribution in [0.4, 0.5) is 0 Å². The number of nitrogens with zero attached hydrogens (tertiary/aromatic N) is 2. The summed E-state index contributed by atoms with van der Waals surface area (Å²) < 4.78 is 1.91. The summed E-state index contributed by atoms with van der Waals surface area (Å²) in [6.45, 7) is 2.94. The predicted octanol–water partition coefficient (Wildman–Crippen LogP) is 2.71. The van der Waals surface area contributed by atoms with E-state index >= 15 is 0 Å². The number of imidazole rings is 1. The zero-order valence-electron chi connectivity index (χ0n) is 15.2. The Bertz CT molecular complexity index is 768. The van der Waals surface area contributed by atoms with E-state index in [-0.39, 0.29) is 18.4 Å². The molecule has 1 aliphatic rings. The van der Waals surface area contributed by atoms with Gasteiger partial charge in [-0.2, -0.15) is 0 Å². The molecule has 140 valence electrons. The highest BCUT2D eigenvalue weighted by Gasteiger charge is 2.19. The molecule has 2 aromatic rings. The molecule has 1 heterocycles. The molecule has 1 saturated carbocycles. The first-order valence-corrected chi connectivity index (χ1v) is 10.3. The molecule has 0 radical (unpaired) electrons. The normalized spacial score (nSPS) is 14.7. The molecule has 1 aromatic heterocycles. The molecule has 7 heteroatoms. The first-order valence-electron chi connectivity index (χ1n) is 9.31. The van der Waals surface area contributed by atoms with Crippen LogP contribution < -0.4 is 10.6 Å². The second kappa shape index (κ2) is 9.07. The molecule has 1 aromatic carbocycles. The maximum absolute atomic E-state index is 12.5. The maximum atomic E-state index is 12.5. The van der Waals surface area contributed by atoms with Gasteiger partial charge in [0.1, 0.15) is 6.54 Å². The molecular formula is C19H26N4O2S. The SMILES string of the molecule is CCCNC(=O)CSc1nc2ccccc2n1CC(=O)NC1CCCC1. The van der Waals surface area contributed by atoms with Crippen LogP contribution in [0, 0.1) is 0 Å². The van der Waals surface area contributed by atoms with Gasteiger partial charge >= 0.3 is 0 Å². The minimum atomic E-state index is -0.00846. The Morgan fingerprint density at radius 1 is 1.23 bits per heavy atom. The summed E-state index contributed by atoms with van der Waals surface area (Å²) in [5, 5.41) is 6.70. The Labute approximate surface area is 158 Å². The number of para-hydroxylation sites is 2. The third-order valence-corrected chi connectivity index (χ3v) is 5.52. The quantitative estimate of drug-likeness (QED) is 0.697. The zero-order chi connectivity index (χ0) is 18.4. The molecule has 3 rings (SSSR count). The van der Waals surface area contributed by atoms with Crippen LogP contribution in [0.3, 0.4) is 0 Å². The Kier molecular flexibility index (Phi) is 6.55. The second-order valence-corrected chi connectivity index (χ2v) is 7.60. The predicted molar refractivity (Wildman–Crippen MR) is 104 cm³/mol. The molecule has 6 nitrogen and oxygen atoms in total. The van der Waals surface area contributed by atoms with Crippen molar-refractivity contribution in [2.45, 2.75) is 56.8 Å². The van der Waals surface area contributed by atoms with E-state index in [0.29, 0.717) is 23.5 Å². The van der Waals surface area contributed by atoms with Crippen molar-refractivity contribution >= 4 is 34.6 Å². The van der Waals surface area contributed by atoms with Crippen molar-refractivity contribution in [3.05, 3.63) is 24.3 Å². The van der Waals surface area contributed by atoms with Crippen molar-refractivity contribution in [1.82, 2.24) is 20.2 Å². The van der Waals surface area contributed by atoms with Crippen molar-refractivity contribution < 1.29 is 9.59 Å². The lowest BCUT2D eigenvalue weighted by molar-refractivity contribution is -0.122. The molecule has 2 N–H and O–H groups in total. The van der Waals surface area contributed by atoms with E-state index in [1.165, 1.54) is 24.6 Å². The molecule has 0 unspecified atom stereocenters. The Hall–Kier alpha value is -2.02. The molecule has 1 aliphatic carbocycles. The molecule has 26 heavy (non-hydrogen) atoms. The first-order chi connectivity index (χ1) is 12.7. The smallest absolute Gasteiger partial charge is 0.240 e. The number of amides is 2. The third kappa shape index (κ3) is 4.78. The van der Waals surface area contributed by atoms with Crippen LogP contribution in [0.5, 0.6) is 0 Å². The summed E-state index contributed by atoms with van der Waals surface area (Å²) in [4.78, 5) is 29.0. The van der Waals surface area contributed by atoms with Crippen molar-refractivity contribution in [1.29, 1.82) is 0 Å². The van der Waals surface area contributed by atoms with E-state index in [9.17, 15) is 9.59 Å². The molecule has 0 saturated heterocycles. The van der Waals surface area contributed by atoms with Gasteiger partial charge < -0.3 is 15.2 Å². The van der Waals surface area contributed by atoms with E-state index in [2.05, 4.69) is 15.6 Å². The highest BCUT2D eigenvalue weighted by molar-refractivity contribution is 7.99. The van der Waals surface area contributed by atoms with Crippen molar-refractivity contribution in [2.24, 2.45) is 0 Å². The number of carbonyl (C=O) groups excluding carboxylic acids is 2. The number of aromatic nitrogens is 2. The fourth-order valence-corrected chi connectivity index (χ4v) is 4.09. The van der Waals surface area contributed by atoms with E-state index in [1.807, 2.05) is 35.8 Å². The van der Waals surface area contributed by atoms with Gasteiger partial charge in [0, 0.05) is 12.6 Å². The van der Waals surface area contributed by atoms with Crippen LogP contribution >= 0.6 is 11.8 Å². The summed E-state index contributed by atoms with van der Waals surface area (Å²) in [5.41, 5.74) is 1.77. The Morgan fingerprint density at radius 2 is 2.00 bits per heavy atom. The molecule has 0 spiro atoms. The maximum Gasteiger partial charge on any atom is 0.240 e. The van der Waals surface area contributed by atoms with Gasteiger partial charge in [-0.25, -0.2) is 4.98 Å². The highest BCUT2D eigenvalue weighted by atomic mass is 32.2. The van der Waals surface area contributed by atoms with Gasteiger partial charge in [-0.15, -0.1) is 0 Å². The summed E-state index contributed by atoms with van der Waals surface area (Å²) >= 11 is 1.38. The first kappa shape index (κ1) is 18.8. The summed E-state index contributed by atoms with van der Waals surface area (Å²) in [5.74, 6) is 0.302. The minimum Gasteiger partial charge on any atom is -0.355 e. The summed E-state index contributed by atoms with van der Waals surface area (Å²) in [6.07, 6.45) is 5.42. The number of fused-ring (bicyclic) bond motifs is 1. The van der Waals surface area contributed by atoms with Gasteiger partial charge in [0.25, 0.3) is 0 Å². The van der Waals surface area contributed by atoms with Crippen molar-refractivity contribution in [2.75, 3.05) is 12.3 Å². The van der Waals surface area contributed by atoms with Crippen LogP contribution in [-0.4, -0.2) is 39.7 Å². The van der Waals surface area contributed by atoms with Crippen LogP contribution in [0.2, 0.25) is 0 Å². The van der Waals surface area contributed by atoms with E-state index < -0.39 is 0 Å². The van der Waals surface area contributed by atoms with Gasteiger partial charge in [-0.05, 0) is 31.4 Å². The van der Waals surface area contributed by atoms with Gasteiger partial charge in [0.15, 0.2) is 5.16 Å². The van der Waals surface area contributed by atoms with E-state index in [4.69, 9.17) is 0 Å². The fourth-order valence-electron chi connectivity index (χ4n) is 3.25. The molecule has 1 fully saturated rings. The van der Waals surface area contributed by atoms with Crippen LogP contribution in [0.15, 0.2) is 29.4 Å². The number of benzene rings is 1. The van der Waals surface area contributed by atoms with Gasteiger partial charge in [-0.1, -0.05) is 43.7 Å². The standard InChI is InChI=1S/C19H26N4O2S/c1-2-11-20-18(25)13-26-19-22-15-9-5-6-10-16(15)23(19)12-17(24)21-14-7-3-4-8-14/h5-6,9-10,14H,2-4,7-8,11-13H2,1H3,(H,20,25)(H,21,24). The number of hydrogen-bond donors (Lipinski definition) is 2. The lowest BCUT2D eigenvalue weighted by Gasteiger charge is -2.14.